The lowest BCUT2D eigenvalue weighted by Gasteiger charge is -2.52. The number of carbonyl (C=O) groups excluding carboxylic acids is 1. The molecule has 2 N–H and O–H groups in total. The van der Waals surface area contributed by atoms with Gasteiger partial charge in [0.1, 0.15) is 11.6 Å². The molecule has 1 saturated heterocycles. The molecule has 0 radical (unpaired) electrons. The summed E-state index contributed by atoms with van der Waals surface area (Å²) in [4.78, 5) is 12.7. The highest BCUT2D eigenvalue weighted by molar-refractivity contribution is 5.94. The molecule has 1 saturated carbocycles. The Hall–Kier alpha value is -3.51. The molecular formula is C22H21FN6O2. The molecule has 0 bridgehead atoms. The Labute approximate surface area is 178 Å². The van der Waals surface area contributed by atoms with Crippen LogP contribution in [0.1, 0.15) is 48.4 Å². The average Bonchev–Trinajstić information content (AvgIpc) is 3.35. The van der Waals surface area contributed by atoms with Gasteiger partial charge in [0.15, 0.2) is 0 Å². The van der Waals surface area contributed by atoms with Gasteiger partial charge in [-0.1, -0.05) is 0 Å². The molecule has 3 aromatic rings. The van der Waals surface area contributed by atoms with Gasteiger partial charge in [-0.25, -0.2) is 9.07 Å². The molecule has 1 spiro atoms. The van der Waals surface area contributed by atoms with Crippen LogP contribution in [0.3, 0.4) is 0 Å². The number of nitrogens with zero attached hydrogens (tertiary/aromatic N) is 4. The molecular weight excluding hydrogens is 399 g/mol. The minimum Gasteiger partial charge on any atom is -0.380 e. The molecule has 8 nitrogen and oxygen atoms in total. The van der Waals surface area contributed by atoms with Crippen LogP contribution in [0.25, 0.3) is 5.69 Å². The second-order valence-corrected chi connectivity index (χ2v) is 8.54. The van der Waals surface area contributed by atoms with Crippen LogP contribution >= 0.6 is 0 Å². The number of halogens is 1. The summed E-state index contributed by atoms with van der Waals surface area (Å²) in [6.45, 7) is 3.46. The number of benzene rings is 1. The van der Waals surface area contributed by atoms with Crippen molar-refractivity contribution in [3.05, 3.63) is 59.3 Å². The summed E-state index contributed by atoms with van der Waals surface area (Å²) in [6.07, 6.45) is 5.38. The van der Waals surface area contributed by atoms with Crippen LogP contribution in [0, 0.1) is 22.6 Å². The molecule has 2 aromatic heterocycles. The molecule has 9 heteroatoms. The monoisotopic (exact) mass is 420 g/mol. The molecule has 31 heavy (non-hydrogen) atoms. The number of hydrogen-bond acceptors (Lipinski definition) is 5. The maximum absolute atomic E-state index is 13.7. The van der Waals surface area contributed by atoms with Gasteiger partial charge in [0.25, 0.3) is 0 Å². The number of anilines is 1. The van der Waals surface area contributed by atoms with Crippen molar-refractivity contribution in [1.29, 1.82) is 5.26 Å². The fraction of sp³-hybridized carbons (Fsp3) is 0.364. The molecule has 1 aliphatic heterocycles. The first kappa shape index (κ1) is 19.5. The van der Waals surface area contributed by atoms with Crippen LogP contribution in [0.5, 0.6) is 0 Å². The Morgan fingerprint density at radius 2 is 2.19 bits per heavy atom. The molecule has 2 aliphatic rings. The number of amides is 1. The molecule has 1 aromatic carbocycles. The van der Waals surface area contributed by atoms with E-state index in [1.807, 2.05) is 12.1 Å². The van der Waals surface area contributed by atoms with E-state index in [-0.39, 0.29) is 11.5 Å². The Kier molecular flexibility index (Phi) is 4.59. The summed E-state index contributed by atoms with van der Waals surface area (Å²) in [6, 6.07) is 7.80. The highest BCUT2D eigenvalue weighted by Gasteiger charge is 2.50. The van der Waals surface area contributed by atoms with E-state index in [9.17, 15) is 9.18 Å². The van der Waals surface area contributed by atoms with Crippen molar-refractivity contribution in [3.8, 4) is 11.8 Å². The number of nitrogens with one attached hydrogen (secondary N) is 2. The first-order valence-corrected chi connectivity index (χ1v) is 10.1. The van der Waals surface area contributed by atoms with Crippen LogP contribution in [0.4, 0.5) is 10.2 Å². The van der Waals surface area contributed by atoms with Crippen LogP contribution in [0.2, 0.25) is 0 Å². The molecule has 1 aliphatic carbocycles. The number of rotatable bonds is 5. The van der Waals surface area contributed by atoms with E-state index < -0.39 is 11.7 Å². The maximum Gasteiger partial charge on any atom is 0.232 e. The molecule has 3 heterocycles. The number of nitriles is 1. The van der Waals surface area contributed by atoms with Crippen molar-refractivity contribution < 1.29 is 13.9 Å². The maximum atomic E-state index is 13.7. The summed E-state index contributed by atoms with van der Waals surface area (Å²) in [5.41, 5.74) is 2.62. The third-order valence-electron chi connectivity index (χ3n) is 6.22. The molecule has 2 fully saturated rings. The van der Waals surface area contributed by atoms with E-state index in [4.69, 9.17) is 10.00 Å². The minimum absolute atomic E-state index is 0.204. The van der Waals surface area contributed by atoms with Gasteiger partial charge in [-0.3, -0.25) is 9.89 Å². The molecule has 158 valence electrons. The fourth-order valence-electron chi connectivity index (χ4n) is 4.30. The third-order valence-corrected chi connectivity index (χ3v) is 6.22. The SMILES string of the molecule is C[C@@H](C(=O)Nc1cc(C2CC3(COC3)C2)n[nH]1)c1cnn(-c2cc(F)cc(C#N)c2)c1. The first-order valence-electron chi connectivity index (χ1n) is 10.1. The fourth-order valence-corrected chi connectivity index (χ4v) is 4.30. The summed E-state index contributed by atoms with van der Waals surface area (Å²) in [5, 5.41) is 23.4. The zero-order valence-electron chi connectivity index (χ0n) is 16.9. The van der Waals surface area contributed by atoms with Gasteiger partial charge in [-0.05, 0) is 38.0 Å². The van der Waals surface area contributed by atoms with Gasteiger partial charge in [-0.15, -0.1) is 0 Å². The van der Waals surface area contributed by atoms with E-state index in [0.717, 1.165) is 37.8 Å². The van der Waals surface area contributed by atoms with Crippen molar-refractivity contribution in [2.75, 3.05) is 18.5 Å². The summed E-state index contributed by atoms with van der Waals surface area (Å²) in [7, 11) is 0. The standard InChI is InChI=1S/C22H21FN6O2/c1-13(16-9-25-29(10-16)18-3-14(8-24)2-17(23)4-18)21(30)26-20-5-19(27-28-20)15-6-22(7-15)11-31-12-22/h2-5,9-10,13,15H,6-7,11-12H2,1H3,(H2,26,27,28,30)/t13-/m1/s1. The quantitative estimate of drug-likeness (QED) is 0.659. The summed E-state index contributed by atoms with van der Waals surface area (Å²) >= 11 is 0. The lowest BCUT2D eigenvalue weighted by molar-refractivity contribution is -0.164. The zero-order chi connectivity index (χ0) is 21.6. The van der Waals surface area contributed by atoms with Gasteiger partial charge in [0.2, 0.25) is 5.91 Å². The number of carbonyl (C=O) groups is 1. The second-order valence-electron chi connectivity index (χ2n) is 8.54. The van der Waals surface area contributed by atoms with Crippen LogP contribution in [0.15, 0.2) is 36.7 Å². The van der Waals surface area contributed by atoms with Crippen molar-refractivity contribution in [1.82, 2.24) is 20.0 Å². The van der Waals surface area contributed by atoms with Crippen molar-refractivity contribution in [3.63, 3.8) is 0 Å². The van der Waals surface area contributed by atoms with E-state index in [1.54, 1.807) is 19.3 Å². The molecule has 5 rings (SSSR count). The van der Waals surface area contributed by atoms with Gasteiger partial charge in [-0.2, -0.15) is 15.5 Å². The second kappa shape index (κ2) is 7.32. The van der Waals surface area contributed by atoms with Crippen molar-refractivity contribution >= 4 is 11.7 Å². The largest absolute Gasteiger partial charge is 0.380 e. The third kappa shape index (κ3) is 3.59. The minimum atomic E-state index is -0.519. The van der Waals surface area contributed by atoms with E-state index in [1.165, 1.54) is 16.8 Å². The predicted octanol–water partition coefficient (Wildman–Crippen LogP) is 3.24. The smallest absolute Gasteiger partial charge is 0.232 e. The van der Waals surface area contributed by atoms with Crippen molar-refractivity contribution in [2.24, 2.45) is 5.41 Å². The lowest BCUT2D eigenvalue weighted by atomic mass is 9.60. The summed E-state index contributed by atoms with van der Waals surface area (Å²) in [5.74, 6) is -0.234. The molecule has 0 unspecified atom stereocenters. The number of hydrogen-bond donors (Lipinski definition) is 2. The topological polar surface area (TPSA) is 109 Å². The Morgan fingerprint density at radius 1 is 1.39 bits per heavy atom. The highest BCUT2D eigenvalue weighted by Crippen LogP contribution is 2.54. The lowest BCUT2D eigenvalue weighted by Crippen LogP contribution is -2.51. The van der Waals surface area contributed by atoms with E-state index >= 15 is 0 Å². The molecule has 1 atom stereocenters. The number of aromatic amines is 1. The number of H-pyrrole nitrogens is 1. The Morgan fingerprint density at radius 3 is 2.90 bits per heavy atom. The Balaban J connectivity index is 1.24. The van der Waals surface area contributed by atoms with Crippen molar-refractivity contribution in [2.45, 2.75) is 31.6 Å². The van der Waals surface area contributed by atoms with Crippen LogP contribution in [-0.2, 0) is 9.53 Å². The number of ether oxygens (including phenoxy) is 1. The highest BCUT2D eigenvalue weighted by atomic mass is 19.1. The van der Waals surface area contributed by atoms with Gasteiger partial charge >= 0.3 is 0 Å². The predicted molar refractivity (Wildman–Crippen MR) is 109 cm³/mol. The summed E-state index contributed by atoms with van der Waals surface area (Å²) < 4.78 is 20.5. The van der Waals surface area contributed by atoms with Crippen LogP contribution < -0.4 is 5.32 Å². The van der Waals surface area contributed by atoms with Crippen LogP contribution in [-0.4, -0.2) is 39.1 Å². The van der Waals surface area contributed by atoms with E-state index in [2.05, 4.69) is 20.6 Å². The average molecular weight is 420 g/mol. The van der Waals surface area contributed by atoms with Gasteiger partial charge in [0, 0.05) is 29.2 Å². The number of aromatic nitrogens is 4. The van der Waals surface area contributed by atoms with Gasteiger partial charge < -0.3 is 10.1 Å². The van der Waals surface area contributed by atoms with Gasteiger partial charge in [0.05, 0.1) is 48.3 Å². The molecule has 1 amide bonds. The first-order chi connectivity index (χ1) is 14.9. The zero-order valence-corrected chi connectivity index (χ0v) is 16.9. The Bertz CT molecular complexity index is 1180. The van der Waals surface area contributed by atoms with E-state index in [0.29, 0.717) is 28.4 Å². The normalized spacial score (nSPS) is 18.1.